The van der Waals surface area contributed by atoms with Crippen molar-refractivity contribution in [2.24, 2.45) is 0 Å². The zero-order valence-electron chi connectivity index (χ0n) is 46.5. The summed E-state index contributed by atoms with van der Waals surface area (Å²) in [5, 5.41) is 48.2. The number of ether oxygens (including phenoxy) is 12. The zero-order valence-corrected chi connectivity index (χ0v) is 50.1. The number of hydrogen-bond donors (Lipinski definition) is 0. The van der Waals surface area contributed by atoms with Crippen LogP contribution in [0.5, 0.6) is 0 Å². The number of hydrogen-bond acceptors (Lipinski definition) is 16. The van der Waals surface area contributed by atoms with Crippen LogP contribution in [-0.2, 0) is 82.7 Å². The standard InChI is InChI=1S/4C13H27O4.Hf/c4*1-4-7-10-15-13(14,16-11-8-5-2)17-12-9-6-3;/h4*4-12H2,1-3H3;/q4*-1;+4. The molecule has 0 aromatic rings. The number of rotatable bonds is 48. The molecule has 0 rings (SSSR count). The van der Waals surface area contributed by atoms with E-state index in [0.717, 1.165) is 154 Å². The molecule has 0 aromatic heterocycles. The minimum Gasteiger partial charge on any atom is -0.782 e. The second-order valence-corrected chi connectivity index (χ2v) is 16.4. The first-order valence-corrected chi connectivity index (χ1v) is 27.2. The molecule has 0 spiro atoms. The second kappa shape index (κ2) is 59.1. The van der Waals surface area contributed by atoms with Crippen LogP contribution in [0, 0.1) is 0 Å². The third kappa shape index (κ3) is 57.4. The van der Waals surface area contributed by atoms with Gasteiger partial charge in [0.05, 0.1) is 79.3 Å². The Labute approximate surface area is 442 Å². The predicted octanol–water partition coefficient (Wildman–Crippen LogP) is 9.63. The first-order valence-electron chi connectivity index (χ1n) is 27.2. The Balaban J connectivity index is -0.000000263. The van der Waals surface area contributed by atoms with Crippen LogP contribution in [0.25, 0.3) is 0 Å². The van der Waals surface area contributed by atoms with E-state index in [1.165, 1.54) is 0 Å². The summed E-state index contributed by atoms with van der Waals surface area (Å²) < 4.78 is 62.0. The van der Waals surface area contributed by atoms with Crippen LogP contribution in [-0.4, -0.2) is 104 Å². The molecule has 0 fully saturated rings. The molecule has 0 aliphatic rings. The van der Waals surface area contributed by atoms with Crippen molar-refractivity contribution in [1.29, 1.82) is 0 Å². The first-order chi connectivity index (χ1) is 32.7. The molecule has 0 saturated heterocycles. The molecular weight excluding hydrogens is 1060 g/mol. The van der Waals surface area contributed by atoms with Crippen molar-refractivity contribution in [2.75, 3.05) is 79.3 Å². The van der Waals surface area contributed by atoms with E-state index in [2.05, 4.69) is 0 Å². The van der Waals surface area contributed by atoms with Gasteiger partial charge in [-0.25, -0.2) is 0 Å². The van der Waals surface area contributed by atoms with Crippen LogP contribution >= 0.6 is 0 Å². The molecule has 69 heavy (non-hydrogen) atoms. The van der Waals surface area contributed by atoms with Gasteiger partial charge in [0, 0.05) is 0 Å². The minimum atomic E-state index is -2.10. The summed E-state index contributed by atoms with van der Waals surface area (Å²) in [7, 11) is 0. The Morgan fingerprint density at radius 3 is 0.319 bits per heavy atom. The van der Waals surface area contributed by atoms with Crippen LogP contribution in [0.2, 0.25) is 0 Å². The van der Waals surface area contributed by atoms with E-state index in [-0.39, 0.29) is 25.8 Å². The second-order valence-electron chi connectivity index (χ2n) is 16.4. The average molecular weight is 1170 g/mol. The Kier molecular flexibility index (Phi) is 66.9. The van der Waals surface area contributed by atoms with Gasteiger partial charge in [-0.05, 0) is 77.0 Å². The van der Waals surface area contributed by atoms with Crippen molar-refractivity contribution < 1.29 is 103 Å². The maximum absolute atomic E-state index is 12.1. The van der Waals surface area contributed by atoms with Gasteiger partial charge in [-0.15, -0.1) is 0 Å². The molecule has 0 radical (unpaired) electrons. The van der Waals surface area contributed by atoms with Crippen molar-refractivity contribution in [1.82, 2.24) is 0 Å². The van der Waals surface area contributed by atoms with Gasteiger partial charge >= 0.3 is 25.8 Å². The molecule has 0 bridgehead atoms. The molecule has 0 aromatic carbocycles. The van der Waals surface area contributed by atoms with Crippen molar-refractivity contribution in [2.45, 2.75) is 262 Å². The van der Waals surface area contributed by atoms with Gasteiger partial charge in [0.15, 0.2) is 0 Å². The predicted molar refractivity (Wildman–Crippen MR) is 261 cm³/mol. The van der Waals surface area contributed by atoms with Crippen LogP contribution in [0.3, 0.4) is 0 Å². The number of unbranched alkanes of at least 4 members (excludes halogenated alkanes) is 12. The van der Waals surface area contributed by atoms with Crippen molar-refractivity contribution in [3.63, 3.8) is 0 Å². The van der Waals surface area contributed by atoms with Crippen LogP contribution < -0.4 is 20.4 Å². The van der Waals surface area contributed by atoms with Gasteiger partial charge in [-0.3, -0.25) is 0 Å². The van der Waals surface area contributed by atoms with Gasteiger partial charge in [-0.1, -0.05) is 160 Å². The smallest absolute Gasteiger partial charge is 0.782 e. The fourth-order valence-electron chi connectivity index (χ4n) is 4.60. The van der Waals surface area contributed by atoms with Crippen molar-refractivity contribution >= 4 is 0 Å². The maximum Gasteiger partial charge on any atom is 4.00 e. The fourth-order valence-corrected chi connectivity index (χ4v) is 4.60. The molecule has 416 valence electrons. The summed E-state index contributed by atoms with van der Waals surface area (Å²) in [6, 6.07) is 0. The Bertz CT molecular complexity index is 691. The Morgan fingerprint density at radius 2 is 0.261 bits per heavy atom. The quantitative estimate of drug-likeness (QED) is 0.0316. The topological polar surface area (TPSA) is 203 Å². The van der Waals surface area contributed by atoms with Gasteiger partial charge in [0.1, 0.15) is 0 Å². The molecule has 0 unspecified atom stereocenters. The normalized spacial score (nSPS) is 11.8. The van der Waals surface area contributed by atoms with E-state index in [9.17, 15) is 20.4 Å². The summed E-state index contributed by atoms with van der Waals surface area (Å²) in [5.74, 6) is 0. The molecular formula is C52H108HfO16. The molecule has 0 amide bonds. The van der Waals surface area contributed by atoms with E-state index < -0.39 is 24.6 Å². The molecule has 0 N–H and O–H groups in total. The molecule has 0 aliphatic heterocycles. The summed E-state index contributed by atoms with van der Waals surface area (Å²) in [6.45, 7) is 29.2. The summed E-state index contributed by atoms with van der Waals surface area (Å²) in [6.07, 6.45) is 13.6. The first kappa shape index (κ1) is 78.1. The van der Waals surface area contributed by atoms with Crippen LogP contribution in [0.15, 0.2) is 0 Å². The molecule has 0 aliphatic carbocycles. The Hall–Kier alpha value is 0.230. The summed E-state index contributed by atoms with van der Waals surface area (Å²) in [5.41, 5.74) is 0. The van der Waals surface area contributed by atoms with Gasteiger partial charge in [0.25, 0.3) is 0 Å². The summed E-state index contributed by atoms with van der Waals surface area (Å²) in [4.78, 5) is 0. The largest absolute Gasteiger partial charge is 4.00 e. The molecule has 0 atom stereocenters. The third-order valence-electron chi connectivity index (χ3n) is 9.32. The van der Waals surface area contributed by atoms with Crippen molar-refractivity contribution in [3.8, 4) is 0 Å². The SMILES string of the molecule is CCCCOC([O-])(OCCCC)OCCCC.CCCCOC([O-])(OCCCC)OCCCC.CCCCOC([O-])(OCCCC)OCCCC.CCCCOC([O-])(OCCCC)OCCCC.[Hf+4]. The van der Waals surface area contributed by atoms with E-state index in [1.807, 2.05) is 83.1 Å². The maximum atomic E-state index is 12.1. The van der Waals surface area contributed by atoms with E-state index in [0.29, 0.717) is 79.3 Å². The monoisotopic (exact) mass is 1170 g/mol. The Morgan fingerprint density at radius 1 is 0.188 bits per heavy atom. The molecule has 0 saturated carbocycles. The average Bonchev–Trinajstić information content (AvgIpc) is 3.31. The molecule has 16 nitrogen and oxygen atoms in total. The van der Waals surface area contributed by atoms with Gasteiger partial charge < -0.3 is 77.3 Å². The van der Waals surface area contributed by atoms with Crippen molar-refractivity contribution in [3.05, 3.63) is 0 Å². The van der Waals surface area contributed by atoms with E-state index >= 15 is 0 Å². The third-order valence-corrected chi connectivity index (χ3v) is 9.32. The zero-order chi connectivity index (χ0) is 51.9. The van der Waals surface area contributed by atoms with E-state index in [1.54, 1.807) is 0 Å². The van der Waals surface area contributed by atoms with Crippen LogP contribution in [0.4, 0.5) is 0 Å². The van der Waals surface area contributed by atoms with Gasteiger partial charge in [-0.2, -0.15) is 0 Å². The van der Waals surface area contributed by atoms with Crippen LogP contribution in [0.1, 0.15) is 237 Å². The van der Waals surface area contributed by atoms with Gasteiger partial charge in [0.2, 0.25) is 24.6 Å². The fraction of sp³-hybridized carbons (Fsp3) is 1.00. The molecule has 17 heteroatoms. The van der Waals surface area contributed by atoms with E-state index in [4.69, 9.17) is 56.8 Å². The minimum absolute atomic E-state index is 0. The molecule has 0 heterocycles. The summed E-state index contributed by atoms with van der Waals surface area (Å²) >= 11 is 0.